The number of halogens is 1. The zero-order chi connectivity index (χ0) is 22.5. The fourth-order valence-corrected chi connectivity index (χ4v) is 4.37. The van der Waals surface area contributed by atoms with Crippen molar-refractivity contribution in [3.05, 3.63) is 77.7 Å². The highest BCUT2D eigenvalue weighted by atomic mass is 32.1. The van der Waals surface area contributed by atoms with Crippen LogP contribution in [0.15, 0.2) is 60.9 Å². The highest BCUT2D eigenvalue weighted by Gasteiger charge is 2.21. The van der Waals surface area contributed by atoms with Gasteiger partial charge in [-0.05, 0) is 40.6 Å². The van der Waals surface area contributed by atoms with Gasteiger partial charge in [0, 0.05) is 30.4 Å². The number of fused-ring (bicyclic) bond motifs is 1. The molecule has 0 radical (unpaired) electrons. The van der Waals surface area contributed by atoms with Gasteiger partial charge >= 0.3 is 5.97 Å². The van der Waals surface area contributed by atoms with Crippen LogP contribution in [0.2, 0.25) is 0 Å². The van der Waals surface area contributed by atoms with E-state index in [0.29, 0.717) is 23.7 Å². The fraction of sp³-hybridized carbons (Fsp3) is 0.208. The molecule has 0 unspecified atom stereocenters. The maximum Gasteiger partial charge on any atom is 0.358 e. The standard InChI is InChI=1S/C24H23FN4O2S/c1-31-23(30)21-22(18-6-7-19-13-27-9-8-17(19)11-18)32-24(29-21)28-14-20(26)10-15-2-4-16(12-25)5-3-15/h2-9,11,13,20H,10,12,14,26H2,1H3,(H,28,29)/t20-/m0/s1. The number of pyridine rings is 1. The number of benzene rings is 2. The number of hydrogen-bond donors (Lipinski definition) is 2. The Labute approximate surface area is 189 Å². The summed E-state index contributed by atoms with van der Waals surface area (Å²) in [6.45, 7) is -0.00128. The normalized spacial score (nSPS) is 12.0. The van der Waals surface area contributed by atoms with E-state index in [1.165, 1.54) is 18.4 Å². The largest absolute Gasteiger partial charge is 0.464 e. The lowest BCUT2D eigenvalue weighted by molar-refractivity contribution is 0.0596. The maximum absolute atomic E-state index is 12.7. The van der Waals surface area contributed by atoms with Gasteiger partial charge in [0.05, 0.1) is 12.0 Å². The van der Waals surface area contributed by atoms with Crippen LogP contribution in [0.5, 0.6) is 0 Å². The molecule has 6 nitrogen and oxygen atoms in total. The molecule has 164 valence electrons. The van der Waals surface area contributed by atoms with Gasteiger partial charge in [-0.1, -0.05) is 47.7 Å². The topological polar surface area (TPSA) is 90.1 Å². The van der Waals surface area contributed by atoms with Gasteiger partial charge in [0.15, 0.2) is 10.8 Å². The smallest absolute Gasteiger partial charge is 0.358 e. The van der Waals surface area contributed by atoms with Crippen molar-refractivity contribution in [3.63, 3.8) is 0 Å². The lowest BCUT2D eigenvalue weighted by Gasteiger charge is -2.12. The van der Waals surface area contributed by atoms with E-state index in [2.05, 4.69) is 15.3 Å². The molecule has 3 N–H and O–H groups in total. The van der Waals surface area contributed by atoms with E-state index < -0.39 is 12.6 Å². The van der Waals surface area contributed by atoms with E-state index in [-0.39, 0.29) is 11.7 Å². The minimum atomic E-state index is -0.489. The summed E-state index contributed by atoms with van der Waals surface area (Å²) in [5.41, 5.74) is 9.11. The third-order valence-electron chi connectivity index (χ3n) is 5.10. The van der Waals surface area contributed by atoms with Crippen LogP contribution < -0.4 is 11.1 Å². The lowest BCUT2D eigenvalue weighted by Crippen LogP contribution is -2.31. The first kappa shape index (κ1) is 21.9. The number of ether oxygens (including phenoxy) is 1. The Hall–Kier alpha value is -3.36. The second kappa shape index (κ2) is 9.84. The number of esters is 1. The van der Waals surface area contributed by atoms with Crippen molar-refractivity contribution in [2.45, 2.75) is 19.1 Å². The van der Waals surface area contributed by atoms with Gasteiger partial charge < -0.3 is 15.8 Å². The number of nitrogens with zero attached hydrogens (tertiary/aromatic N) is 2. The van der Waals surface area contributed by atoms with Crippen LogP contribution in [0.3, 0.4) is 0 Å². The Morgan fingerprint density at radius 2 is 1.94 bits per heavy atom. The summed E-state index contributed by atoms with van der Waals surface area (Å²) in [4.78, 5) is 21.7. The Kier molecular flexibility index (Phi) is 6.72. The van der Waals surface area contributed by atoms with Crippen molar-refractivity contribution in [3.8, 4) is 10.4 Å². The molecule has 0 saturated carbocycles. The van der Waals surface area contributed by atoms with Gasteiger partial charge in [0.25, 0.3) is 0 Å². The first-order chi connectivity index (χ1) is 15.6. The zero-order valence-electron chi connectivity index (χ0n) is 17.5. The third kappa shape index (κ3) is 4.92. The first-order valence-corrected chi connectivity index (χ1v) is 11.0. The zero-order valence-corrected chi connectivity index (χ0v) is 18.4. The summed E-state index contributed by atoms with van der Waals surface area (Å²) in [5, 5.41) is 5.88. The molecule has 2 aromatic carbocycles. The van der Waals surface area contributed by atoms with Crippen LogP contribution in [-0.2, 0) is 17.8 Å². The summed E-state index contributed by atoms with van der Waals surface area (Å²) in [6, 6.07) is 15.0. The molecule has 32 heavy (non-hydrogen) atoms. The van der Waals surface area contributed by atoms with Crippen LogP contribution in [-0.4, -0.2) is 35.6 Å². The number of carbonyl (C=O) groups excluding carboxylic acids is 1. The lowest BCUT2D eigenvalue weighted by atomic mass is 10.1. The average Bonchev–Trinajstić information content (AvgIpc) is 3.27. The number of nitrogens with one attached hydrogen (secondary N) is 1. The van der Waals surface area contributed by atoms with E-state index in [0.717, 1.165) is 26.8 Å². The van der Waals surface area contributed by atoms with Crippen LogP contribution in [0.25, 0.3) is 21.2 Å². The van der Waals surface area contributed by atoms with Gasteiger partial charge in [-0.25, -0.2) is 14.2 Å². The molecule has 0 bridgehead atoms. The molecule has 1 atom stereocenters. The number of nitrogens with two attached hydrogens (primary N) is 1. The van der Waals surface area contributed by atoms with Gasteiger partial charge in [0.2, 0.25) is 0 Å². The predicted octanol–water partition coefficient (Wildman–Crippen LogP) is 4.60. The van der Waals surface area contributed by atoms with E-state index in [1.807, 2.05) is 36.4 Å². The molecular formula is C24H23FN4O2S. The van der Waals surface area contributed by atoms with Crippen LogP contribution in [0.4, 0.5) is 9.52 Å². The minimum absolute atomic E-state index is 0.173. The summed E-state index contributed by atoms with van der Waals surface area (Å²) < 4.78 is 17.6. The van der Waals surface area contributed by atoms with Gasteiger partial charge in [0.1, 0.15) is 6.67 Å². The quantitative estimate of drug-likeness (QED) is 0.382. The number of alkyl halides is 1. The molecule has 0 aliphatic carbocycles. The maximum atomic E-state index is 12.7. The Balaban J connectivity index is 1.51. The molecule has 8 heteroatoms. The van der Waals surface area contributed by atoms with Crippen molar-refractivity contribution in [2.75, 3.05) is 19.0 Å². The predicted molar refractivity (Wildman–Crippen MR) is 126 cm³/mol. The number of anilines is 1. The number of methoxy groups -OCH3 is 1. The molecule has 4 rings (SSSR count). The summed E-state index contributed by atoms with van der Waals surface area (Å²) in [6.07, 6.45) is 4.17. The Morgan fingerprint density at radius 3 is 2.69 bits per heavy atom. The van der Waals surface area contributed by atoms with E-state index >= 15 is 0 Å². The molecule has 4 aromatic rings. The third-order valence-corrected chi connectivity index (χ3v) is 6.16. The average molecular weight is 451 g/mol. The molecule has 0 spiro atoms. The van der Waals surface area contributed by atoms with E-state index in [1.54, 1.807) is 24.5 Å². The van der Waals surface area contributed by atoms with Crippen molar-refractivity contribution in [1.82, 2.24) is 9.97 Å². The molecule has 0 aliphatic heterocycles. The van der Waals surface area contributed by atoms with Crippen LogP contribution in [0.1, 0.15) is 21.6 Å². The van der Waals surface area contributed by atoms with Crippen molar-refractivity contribution >= 4 is 33.2 Å². The Bertz CT molecular complexity index is 1230. The summed E-state index contributed by atoms with van der Waals surface area (Å²) in [7, 11) is 1.34. The van der Waals surface area contributed by atoms with Crippen molar-refractivity contribution < 1.29 is 13.9 Å². The number of carbonyl (C=O) groups is 1. The number of aromatic nitrogens is 2. The second-order valence-corrected chi connectivity index (χ2v) is 8.42. The highest BCUT2D eigenvalue weighted by molar-refractivity contribution is 7.19. The van der Waals surface area contributed by atoms with Crippen molar-refractivity contribution in [2.24, 2.45) is 5.73 Å². The van der Waals surface area contributed by atoms with Crippen LogP contribution >= 0.6 is 11.3 Å². The van der Waals surface area contributed by atoms with E-state index in [4.69, 9.17) is 10.5 Å². The molecule has 2 aromatic heterocycles. The molecule has 2 heterocycles. The molecule has 0 aliphatic rings. The van der Waals surface area contributed by atoms with Gasteiger partial charge in [-0.2, -0.15) is 0 Å². The second-order valence-electron chi connectivity index (χ2n) is 7.42. The summed E-state index contributed by atoms with van der Waals surface area (Å²) in [5.74, 6) is -0.489. The van der Waals surface area contributed by atoms with Gasteiger partial charge in [-0.15, -0.1) is 0 Å². The highest BCUT2D eigenvalue weighted by Crippen LogP contribution is 2.35. The monoisotopic (exact) mass is 450 g/mol. The first-order valence-electron chi connectivity index (χ1n) is 10.1. The SMILES string of the molecule is COC(=O)c1nc(NC[C@@H](N)Cc2ccc(CF)cc2)sc1-c1ccc2cnccc2c1. The summed E-state index contributed by atoms with van der Waals surface area (Å²) >= 11 is 1.38. The Morgan fingerprint density at radius 1 is 1.16 bits per heavy atom. The number of rotatable bonds is 8. The van der Waals surface area contributed by atoms with Gasteiger partial charge in [-0.3, -0.25) is 4.98 Å². The number of thiazole rings is 1. The fourth-order valence-electron chi connectivity index (χ4n) is 3.41. The number of hydrogen-bond acceptors (Lipinski definition) is 7. The van der Waals surface area contributed by atoms with Crippen LogP contribution in [0, 0.1) is 0 Å². The molecule has 0 amide bonds. The molecule has 0 fully saturated rings. The van der Waals surface area contributed by atoms with E-state index in [9.17, 15) is 9.18 Å². The molecule has 0 saturated heterocycles. The molecular weight excluding hydrogens is 427 g/mol. The minimum Gasteiger partial charge on any atom is -0.464 e. The van der Waals surface area contributed by atoms with Crippen molar-refractivity contribution in [1.29, 1.82) is 0 Å².